The van der Waals surface area contributed by atoms with Crippen LogP contribution in [0.1, 0.15) is 87.7 Å². The summed E-state index contributed by atoms with van der Waals surface area (Å²) in [5.41, 5.74) is 1.84. The van der Waals surface area contributed by atoms with Gasteiger partial charge in [-0.2, -0.15) is 0 Å². The van der Waals surface area contributed by atoms with Gasteiger partial charge in [0.2, 0.25) is 23.6 Å². The number of hydrogen-bond donors (Lipinski definition) is 5. The maximum atomic E-state index is 14.4. The summed E-state index contributed by atoms with van der Waals surface area (Å²) < 4.78 is 5.29. The van der Waals surface area contributed by atoms with Crippen molar-refractivity contribution in [3.63, 3.8) is 0 Å². The number of hydrogen-bond acceptors (Lipinski definition) is 8. The average molecular weight is 787 g/mol. The molecule has 0 aliphatic rings. The van der Waals surface area contributed by atoms with E-state index in [4.69, 9.17) is 4.74 Å². The molecule has 0 spiro atoms. The van der Waals surface area contributed by atoms with E-state index in [0.29, 0.717) is 44.0 Å². The van der Waals surface area contributed by atoms with Crippen molar-refractivity contribution in [2.75, 3.05) is 27.2 Å². The summed E-state index contributed by atoms with van der Waals surface area (Å²) in [6, 6.07) is 16.8. The number of nitrogens with zero attached hydrogens (tertiary/aromatic N) is 2. The summed E-state index contributed by atoms with van der Waals surface area (Å²) in [5.74, 6) is -0.905. The molecule has 0 saturated heterocycles. The third-order valence-corrected chi connectivity index (χ3v) is 9.80. The third kappa shape index (κ3) is 16.4. The number of carbonyl (C=O) groups is 5. The van der Waals surface area contributed by atoms with Crippen LogP contribution >= 0.6 is 0 Å². The minimum absolute atomic E-state index is 0.0344. The van der Waals surface area contributed by atoms with Crippen LogP contribution in [0.5, 0.6) is 5.75 Å². The highest BCUT2D eigenvalue weighted by Crippen LogP contribution is 2.18. The Morgan fingerprint density at radius 1 is 0.789 bits per heavy atom. The number of pyridine rings is 1. The summed E-state index contributed by atoms with van der Waals surface area (Å²) >= 11 is 0. The van der Waals surface area contributed by atoms with E-state index < -0.39 is 42.0 Å². The monoisotopic (exact) mass is 786 g/mol. The van der Waals surface area contributed by atoms with Crippen molar-refractivity contribution in [3.8, 4) is 5.75 Å². The molecule has 3 rings (SSSR count). The zero-order valence-electron chi connectivity index (χ0n) is 34.3. The molecule has 1 heterocycles. The van der Waals surface area contributed by atoms with E-state index in [1.54, 1.807) is 37.6 Å². The van der Waals surface area contributed by atoms with E-state index in [1.165, 1.54) is 18.1 Å². The van der Waals surface area contributed by atoms with Gasteiger partial charge >= 0.3 is 0 Å². The minimum Gasteiger partial charge on any atom is -0.497 e. The van der Waals surface area contributed by atoms with Crippen molar-refractivity contribution in [1.82, 2.24) is 31.2 Å². The van der Waals surface area contributed by atoms with Gasteiger partial charge in [-0.15, -0.1) is 0 Å². The molecule has 0 unspecified atom stereocenters. The first kappa shape index (κ1) is 46.1. The molecule has 1 aromatic heterocycles. The number of benzene rings is 2. The number of unbranched alkanes of at least 4 members (excludes halogenated alkanes) is 2. The SMILES string of the molecule is COc1ccc(C[C@H](NC(=O)c2cccnc2)C(=O)N(C)[C@@H](Cc2ccccc2)C(=O)N[C@@H](C(C)C)[C@H](O)CC(=O)NCCCCCC(=O)NCCC(C)C)cc1. The Morgan fingerprint density at radius 2 is 1.47 bits per heavy atom. The van der Waals surface area contributed by atoms with Crippen molar-refractivity contribution in [2.45, 2.75) is 103 Å². The molecule has 13 heteroatoms. The number of carbonyl (C=O) groups excluding carboxylic acids is 5. The normalized spacial score (nSPS) is 13.2. The number of methoxy groups -OCH3 is 1. The van der Waals surface area contributed by atoms with Gasteiger partial charge in [-0.05, 0) is 66.5 Å². The lowest BCUT2D eigenvalue weighted by Crippen LogP contribution is -2.58. The molecule has 5 amide bonds. The predicted molar refractivity (Wildman–Crippen MR) is 220 cm³/mol. The first-order chi connectivity index (χ1) is 27.3. The highest BCUT2D eigenvalue weighted by molar-refractivity contribution is 5.98. The van der Waals surface area contributed by atoms with Gasteiger partial charge in [0, 0.05) is 51.8 Å². The Hall–Kier alpha value is -5.30. The first-order valence-corrected chi connectivity index (χ1v) is 19.9. The second-order valence-corrected chi connectivity index (χ2v) is 15.2. The lowest BCUT2D eigenvalue weighted by atomic mass is 9.94. The fraction of sp³-hybridized carbons (Fsp3) is 0.500. The molecular formula is C44H62N6O7. The van der Waals surface area contributed by atoms with Crippen LogP contribution in [-0.4, -0.2) is 96.0 Å². The summed E-state index contributed by atoms with van der Waals surface area (Å²) in [6.45, 7) is 8.98. The highest BCUT2D eigenvalue weighted by atomic mass is 16.5. The average Bonchev–Trinajstić information content (AvgIpc) is 3.20. The van der Waals surface area contributed by atoms with Gasteiger partial charge < -0.3 is 36.0 Å². The highest BCUT2D eigenvalue weighted by Gasteiger charge is 2.35. The summed E-state index contributed by atoms with van der Waals surface area (Å²) in [4.78, 5) is 72.2. The fourth-order valence-corrected chi connectivity index (χ4v) is 6.34. The topological polar surface area (TPSA) is 179 Å². The van der Waals surface area contributed by atoms with Crippen LogP contribution < -0.4 is 26.0 Å². The molecule has 3 aromatic rings. The van der Waals surface area contributed by atoms with Crippen molar-refractivity contribution < 1.29 is 33.8 Å². The third-order valence-electron chi connectivity index (χ3n) is 9.80. The second-order valence-electron chi connectivity index (χ2n) is 15.2. The van der Waals surface area contributed by atoms with E-state index >= 15 is 0 Å². The first-order valence-electron chi connectivity index (χ1n) is 19.9. The van der Waals surface area contributed by atoms with Gasteiger partial charge in [0.25, 0.3) is 5.91 Å². The second kappa shape index (κ2) is 24.4. The van der Waals surface area contributed by atoms with Crippen LogP contribution in [-0.2, 0) is 32.0 Å². The van der Waals surface area contributed by atoms with Crippen molar-refractivity contribution in [1.29, 1.82) is 0 Å². The maximum absolute atomic E-state index is 14.4. The smallest absolute Gasteiger partial charge is 0.253 e. The van der Waals surface area contributed by atoms with E-state index in [0.717, 1.165) is 24.0 Å². The maximum Gasteiger partial charge on any atom is 0.253 e. The molecule has 0 aliphatic heterocycles. The Morgan fingerprint density at radius 3 is 2.11 bits per heavy atom. The Labute approximate surface area is 337 Å². The Bertz CT molecular complexity index is 1690. The molecule has 57 heavy (non-hydrogen) atoms. The van der Waals surface area contributed by atoms with E-state index in [9.17, 15) is 29.1 Å². The summed E-state index contributed by atoms with van der Waals surface area (Å²) in [5, 5.41) is 22.8. The molecule has 0 fully saturated rings. The van der Waals surface area contributed by atoms with Gasteiger partial charge in [0.15, 0.2) is 0 Å². The Balaban J connectivity index is 1.70. The standard InChI is InChI=1S/C44H62N6O7/c1-30(2)22-25-47-39(52)17-11-8-12-24-46-40(53)28-38(51)41(31(3)4)49-43(55)37(27-32-14-9-7-10-15-32)50(5)44(56)36(26-33-18-20-35(57-6)21-19-33)48-42(54)34-16-13-23-45-29-34/h7,9-10,13-16,18-21,23,29-31,36-38,41,51H,8,11-12,17,22,24-28H2,1-6H3,(H,46,53)(H,47,52)(H,48,54)(H,49,55)/t36-,37-,38+,41-/m0/s1. The van der Waals surface area contributed by atoms with E-state index in [1.807, 2.05) is 56.3 Å². The molecule has 0 saturated carbocycles. The van der Waals surface area contributed by atoms with Crippen LogP contribution in [0.2, 0.25) is 0 Å². The van der Waals surface area contributed by atoms with E-state index in [2.05, 4.69) is 40.1 Å². The van der Waals surface area contributed by atoms with Gasteiger partial charge in [-0.1, -0.05) is 76.6 Å². The summed E-state index contributed by atoms with van der Waals surface area (Å²) in [6.07, 6.45) is 5.37. The van der Waals surface area contributed by atoms with Crippen LogP contribution in [0.25, 0.3) is 0 Å². The molecule has 4 atom stereocenters. The lowest BCUT2D eigenvalue weighted by molar-refractivity contribution is -0.141. The van der Waals surface area contributed by atoms with Crippen LogP contribution in [0.4, 0.5) is 0 Å². The molecular weight excluding hydrogens is 725 g/mol. The lowest BCUT2D eigenvalue weighted by Gasteiger charge is -2.34. The van der Waals surface area contributed by atoms with Crippen molar-refractivity contribution >= 4 is 29.5 Å². The zero-order valence-corrected chi connectivity index (χ0v) is 34.3. The molecule has 310 valence electrons. The van der Waals surface area contributed by atoms with Crippen LogP contribution in [0.3, 0.4) is 0 Å². The number of likely N-dealkylation sites (N-methyl/N-ethyl adjacent to an activating group) is 1. The molecule has 0 bridgehead atoms. The Kier molecular flexibility index (Phi) is 19.7. The van der Waals surface area contributed by atoms with Gasteiger partial charge in [0.05, 0.1) is 31.2 Å². The number of rotatable bonds is 24. The molecule has 13 nitrogen and oxygen atoms in total. The largest absolute Gasteiger partial charge is 0.497 e. The number of ether oxygens (including phenoxy) is 1. The van der Waals surface area contributed by atoms with Gasteiger partial charge in [-0.25, -0.2) is 0 Å². The number of aromatic nitrogens is 1. The zero-order chi connectivity index (χ0) is 41.7. The van der Waals surface area contributed by atoms with Crippen LogP contribution in [0.15, 0.2) is 79.1 Å². The minimum atomic E-state index is -1.21. The molecule has 2 aromatic carbocycles. The number of aliphatic hydroxyl groups excluding tert-OH is 1. The molecule has 0 radical (unpaired) electrons. The van der Waals surface area contributed by atoms with Crippen LogP contribution in [0, 0.1) is 11.8 Å². The van der Waals surface area contributed by atoms with Gasteiger partial charge in [-0.3, -0.25) is 29.0 Å². The van der Waals surface area contributed by atoms with Gasteiger partial charge in [0.1, 0.15) is 17.8 Å². The quantitative estimate of drug-likeness (QED) is 0.0838. The van der Waals surface area contributed by atoms with Crippen molar-refractivity contribution in [3.05, 3.63) is 95.8 Å². The number of aliphatic hydroxyl groups is 1. The number of nitrogens with one attached hydrogen (secondary N) is 4. The molecule has 5 N–H and O–H groups in total. The predicted octanol–water partition coefficient (Wildman–Crippen LogP) is 4.23. The van der Waals surface area contributed by atoms with E-state index in [-0.39, 0.29) is 42.6 Å². The summed E-state index contributed by atoms with van der Waals surface area (Å²) in [7, 11) is 3.09. The fourth-order valence-electron chi connectivity index (χ4n) is 6.34. The number of amides is 5. The van der Waals surface area contributed by atoms with Crippen molar-refractivity contribution in [2.24, 2.45) is 11.8 Å². The molecule has 0 aliphatic carbocycles.